The van der Waals surface area contributed by atoms with Crippen molar-refractivity contribution in [2.75, 3.05) is 13.1 Å². The lowest BCUT2D eigenvalue weighted by Crippen LogP contribution is -2.37. The molecule has 2 atom stereocenters. The van der Waals surface area contributed by atoms with E-state index in [9.17, 15) is 9.59 Å². The van der Waals surface area contributed by atoms with Crippen LogP contribution in [0.15, 0.2) is 0 Å². The van der Waals surface area contributed by atoms with E-state index in [0.717, 1.165) is 0 Å². The van der Waals surface area contributed by atoms with Gasteiger partial charge in [0.1, 0.15) is 0 Å². The number of β-amino-alcohol motifs (C(OH)–C–C–N with tert-alkyl or cyclic N) is 1. The molecular formula is C7H11NO4S. The molecule has 1 aliphatic heterocycles. The van der Waals surface area contributed by atoms with Crippen LogP contribution in [0, 0.1) is 0 Å². The molecule has 5 nitrogen and oxygen atoms in total. The Bertz CT molecular complexity index is 233. The Morgan fingerprint density at radius 1 is 1.77 bits per heavy atom. The number of thiol groups is 1. The molecule has 2 N–H and O–H groups in total. The predicted molar refractivity (Wildman–Crippen MR) is 47.6 cm³/mol. The quantitative estimate of drug-likeness (QED) is 0.514. The summed E-state index contributed by atoms with van der Waals surface area (Å²) in [7, 11) is 0. The molecule has 1 saturated heterocycles. The number of rotatable bonds is 3. The van der Waals surface area contributed by atoms with Crippen LogP contribution in [0.4, 0.5) is 0 Å². The number of carboxylic acid groups (broad SMARTS) is 1. The zero-order chi connectivity index (χ0) is 10.0. The zero-order valence-corrected chi connectivity index (χ0v) is 7.78. The van der Waals surface area contributed by atoms with E-state index in [1.807, 2.05) is 0 Å². The molecule has 13 heavy (non-hydrogen) atoms. The van der Waals surface area contributed by atoms with Crippen LogP contribution >= 0.6 is 12.6 Å². The maximum absolute atomic E-state index is 11.1. The number of carbonyl (C=O) groups excluding carboxylic acids is 1. The molecule has 1 heterocycles. The molecule has 0 saturated carbocycles. The number of carbonyl (C=O) groups is 2. The average molecular weight is 205 g/mol. The molecule has 74 valence electrons. The number of aliphatic hydroxyl groups excluding tert-OH is 1. The number of nitrogens with zero attached hydrogens (tertiary/aromatic N) is 1. The van der Waals surface area contributed by atoms with Gasteiger partial charge in [-0.2, -0.15) is 12.6 Å². The number of aliphatic hydroxyl groups is 1. The summed E-state index contributed by atoms with van der Waals surface area (Å²) in [5, 5.41) is 17.3. The Morgan fingerprint density at radius 3 is 2.77 bits per heavy atom. The summed E-state index contributed by atoms with van der Waals surface area (Å²) in [6, 6.07) is 0. The van der Waals surface area contributed by atoms with E-state index in [0.29, 0.717) is 13.0 Å². The topological polar surface area (TPSA) is 77.8 Å². The van der Waals surface area contributed by atoms with Gasteiger partial charge in [0.05, 0.1) is 6.54 Å². The van der Waals surface area contributed by atoms with Crippen LogP contribution in [0.2, 0.25) is 0 Å². The second-order valence-corrected chi connectivity index (χ2v) is 3.74. The van der Waals surface area contributed by atoms with E-state index in [4.69, 9.17) is 10.2 Å². The lowest BCUT2D eigenvalue weighted by Gasteiger charge is -2.17. The van der Waals surface area contributed by atoms with E-state index in [1.165, 1.54) is 4.90 Å². The van der Waals surface area contributed by atoms with Crippen molar-refractivity contribution in [3.8, 4) is 0 Å². The summed E-state index contributed by atoms with van der Waals surface area (Å²) in [5.74, 6) is -1.46. The first-order chi connectivity index (χ1) is 6.00. The predicted octanol–water partition coefficient (Wildman–Crippen LogP) is -1.04. The molecule has 6 heteroatoms. The molecule has 0 bridgehead atoms. The Labute approximate surface area is 80.7 Å². The highest BCUT2D eigenvalue weighted by Crippen LogP contribution is 2.15. The van der Waals surface area contributed by atoms with Crippen molar-refractivity contribution in [1.29, 1.82) is 0 Å². The third-order valence-corrected chi connectivity index (χ3v) is 2.22. The highest BCUT2D eigenvalue weighted by molar-refractivity contribution is 7.81. The van der Waals surface area contributed by atoms with Crippen molar-refractivity contribution in [3.63, 3.8) is 0 Å². The molecule has 0 aliphatic carbocycles. The highest BCUT2D eigenvalue weighted by Gasteiger charge is 2.30. The fraction of sp³-hybridized carbons (Fsp3) is 0.714. The molecule has 1 amide bonds. The fourth-order valence-electron chi connectivity index (χ4n) is 1.21. The molecule has 2 unspecified atom stereocenters. The summed E-state index contributed by atoms with van der Waals surface area (Å²) in [6.07, 6.45) is -1.18. The number of amides is 1. The molecule has 1 fully saturated rings. The third-order valence-electron chi connectivity index (χ3n) is 1.87. The minimum absolute atomic E-state index is 0.0477. The maximum Gasteiger partial charge on any atom is 0.334 e. The Morgan fingerprint density at radius 2 is 2.38 bits per heavy atom. The van der Waals surface area contributed by atoms with Gasteiger partial charge in [-0.3, -0.25) is 4.79 Å². The van der Waals surface area contributed by atoms with E-state index in [1.54, 1.807) is 0 Å². The van der Waals surface area contributed by atoms with Gasteiger partial charge in [-0.1, -0.05) is 0 Å². The monoisotopic (exact) mass is 205 g/mol. The van der Waals surface area contributed by atoms with Gasteiger partial charge in [-0.05, 0) is 0 Å². The Hall–Kier alpha value is -0.750. The van der Waals surface area contributed by atoms with E-state index in [-0.39, 0.29) is 17.7 Å². The molecule has 1 aliphatic rings. The number of aliphatic carboxylic acids is 1. The second kappa shape index (κ2) is 3.97. The maximum atomic E-state index is 11.1. The highest BCUT2D eigenvalue weighted by atomic mass is 32.1. The summed E-state index contributed by atoms with van der Waals surface area (Å²) < 4.78 is 0. The summed E-state index contributed by atoms with van der Waals surface area (Å²) in [6.45, 7) is 0.261. The normalized spacial score (nSPS) is 24.9. The lowest BCUT2D eigenvalue weighted by molar-refractivity contribution is -0.148. The molecule has 0 radical (unpaired) electrons. The van der Waals surface area contributed by atoms with Crippen LogP contribution in [0.1, 0.15) is 6.42 Å². The van der Waals surface area contributed by atoms with Crippen LogP contribution in [0.5, 0.6) is 0 Å². The van der Waals surface area contributed by atoms with E-state index < -0.39 is 12.1 Å². The molecule has 0 aromatic rings. The minimum atomic E-state index is -1.50. The van der Waals surface area contributed by atoms with Crippen LogP contribution in [-0.4, -0.2) is 51.4 Å². The van der Waals surface area contributed by atoms with Crippen LogP contribution in [0.3, 0.4) is 0 Å². The van der Waals surface area contributed by atoms with Crippen molar-refractivity contribution in [3.05, 3.63) is 0 Å². The van der Waals surface area contributed by atoms with Crippen molar-refractivity contribution in [2.45, 2.75) is 17.8 Å². The number of carboxylic acids is 1. The SMILES string of the molecule is O=C(O)C(O)CN1CC(S)CC1=O. The van der Waals surface area contributed by atoms with Crippen LogP contribution < -0.4 is 0 Å². The van der Waals surface area contributed by atoms with Crippen molar-refractivity contribution in [1.82, 2.24) is 4.90 Å². The summed E-state index contributed by atoms with van der Waals surface area (Å²) in [5.41, 5.74) is 0. The molecule has 1 rings (SSSR count). The summed E-state index contributed by atoms with van der Waals surface area (Å²) >= 11 is 4.09. The standard InChI is InChI=1S/C7H11NO4S/c9-5(7(11)12)3-8-2-4(13)1-6(8)10/h4-5,9,13H,1-3H2,(H,11,12). The third kappa shape index (κ3) is 2.60. The van der Waals surface area contributed by atoms with Gasteiger partial charge in [0, 0.05) is 18.2 Å². The number of likely N-dealkylation sites (tertiary alicyclic amines) is 1. The largest absolute Gasteiger partial charge is 0.479 e. The van der Waals surface area contributed by atoms with E-state index >= 15 is 0 Å². The lowest BCUT2D eigenvalue weighted by atomic mass is 10.3. The van der Waals surface area contributed by atoms with Gasteiger partial charge in [-0.15, -0.1) is 0 Å². The number of hydrogen-bond acceptors (Lipinski definition) is 4. The number of hydrogen-bond donors (Lipinski definition) is 3. The van der Waals surface area contributed by atoms with Crippen LogP contribution in [0.25, 0.3) is 0 Å². The van der Waals surface area contributed by atoms with Gasteiger partial charge in [0.15, 0.2) is 6.10 Å². The van der Waals surface area contributed by atoms with Gasteiger partial charge in [-0.25, -0.2) is 4.79 Å². The molecular weight excluding hydrogens is 194 g/mol. The summed E-state index contributed by atoms with van der Waals surface area (Å²) in [4.78, 5) is 22.7. The molecule has 0 spiro atoms. The van der Waals surface area contributed by atoms with Gasteiger partial charge in [0.2, 0.25) is 5.91 Å². The molecule has 0 aromatic carbocycles. The zero-order valence-electron chi connectivity index (χ0n) is 6.88. The van der Waals surface area contributed by atoms with Gasteiger partial charge in [0.25, 0.3) is 0 Å². The fourth-order valence-corrected chi connectivity index (χ4v) is 1.57. The van der Waals surface area contributed by atoms with Gasteiger partial charge >= 0.3 is 5.97 Å². The van der Waals surface area contributed by atoms with Crippen molar-refractivity contribution < 1.29 is 19.8 Å². The first kappa shape index (κ1) is 10.3. The van der Waals surface area contributed by atoms with Crippen LogP contribution in [-0.2, 0) is 9.59 Å². The average Bonchev–Trinajstić information content (AvgIpc) is 2.30. The van der Waals surface area contributed by atoms with Gasteiger partial charge < -0.3 is 15.1 Å². The first-order valence-electron chi connectivity index (χ1n) is 3.87. The smallest absolute Gasteiger partial charge is 0.334 e. The molecule has 0 aromatic heterocycles. The Kier molecular flexibility index (Phi) is 3.16. The minimum Gasteiger partial charge on any atom is -0.479 e. The van der Waals surface area contributed by atoms with Crippen molar-refractivity contribution in [2.24, 2.45) is 0 Å². The second-order valence-electron chi connectivity index (χ2n) is 3.01. The Balaban J connectivity index is 2.46. The first-order valence-corrected chi connectivity index (χ1v) is 4.39. The van der Waals surface area contributed by atoms with E-state index in [2.05, 4.69) is 12.6 Å². The van der Waals surface area contributed by atoms with Crippen molar-refractivity contribution >= 4 is 24.5 Å².